The standard InChI is InChI=1S/C15H21Cl2N/c1-4-9-18-11-15(3,5-2)10-12-13(16)7-6-8-14(12)17/h5-8,18H,2,4,9-11H2,1,3H3. The van der Waals surface area contributed by atoms with Crippen molar-refractivity contribution < 1.29 is 0 Å². The minimum Gasteiger partial charge on any atom is -0.316 e. The Morgan fingerprint density at radius 1 is 1.33 bits per heavy atom. The quantitative estimate of drug-likeness (QED) is 0.564. The summed E-state index contributed by atoms with van der Waals surface area (Å²) in [5.41, 5.74) is 0.964. The number of rotatable bonds is 7. The molecule has 0 saturated carbocycles. The fourth-order valence-electron chi connectivity index (χ4n) is 1.86. The first-order chi connectivity index (χ1) is 8.52. The van der Waals surface area contributed by atoms with Crippen molar-refractivity contribution in [3.8, 4) is 0 Å². The topological polar surface area (TPSA) is 12.0 Å². The zero-order valence-corrected chi connectivity index (χ0v) is 12.6. The van der Waals surface area contributed by atoms with Gasteiger partial charge < -0.3 is 5.32 Å². The van der Waals surface area contributed by atoms with Crippen LogP contribution in [0.4, 0.5) is 0 Å². The average molecular weight is 286 g/mol. The monoisotopic (exact) mass is 285 g/mol. The molecular weight excluding hydrogens is 265 g/mol. The Bertz CT molecular complexity index is 383. The smallest absolute Gasteiger partial charge is 0.0453 e. The fourth-order valence-corrected chi connectivity index (χ4v) is 2.39. The predicted octanol–water partition coefficient (Wildman–Crippen LogP) is 4.73. The third kappa shape index (κ3) is 4.31. The van der Waals surface area contributed by atoms with Gasteiger partial charge in [-0.3, -0.25) is 0 Å². The Kier molecular flexibility index (Phi) is 6.20. The van der Waals surface area contributed by atoms with E-state index >= 15 is 0 Å². The van der Waals surface area contributed by atoms with Crippen molar-refractivity contribution in [1.82, 2.24) is 5.32 Å². The van der Waals surface area contributed by atoms with Crippen molar-refractivity contribution in [2.24, 2.45) is 5.41 Å². The van der Waals surface area contributed by atoms with Gasteiger partial charge in [-0.25, -0.2) is 0 Å². The molecule has 1 nitrogen and oxygen atoms in total. The van der Waals surface area contributed by atoms with Crippen molar-refractivity contribution in [2.75, 3.05) is 13.1 Å². The van der Waals surface area contributed by atoms with Crippen molar-refractivity contribution in [3.05, 3.63) is 46.5 Å². The van der Waals surface area contributed by atoms with Crippen LogP contribution in [0.3, 0.4) is 0 Å². The minimum absolute atomic E-state index is 0.0379. The molecule has 0 saturated heterocycles. The summed E-state index contributed by atoms with van der Waals surface area (Å²) >= 11 is 12.4. The molecule has 1 unspecified atom stereocenters. The van der Waals surface area contributed by atoms with Crippen LogP contribution in [0.5, 0.6) is 0 Å². The van der Waals surface area contributed by atoms with Gasteiger partial charge in [0.15, 0.2) is 0 Å². The Morgan fingerprint density at radius 3 is 2.44 bits per heavy atom. The van der Waals surface area contributed by atoms with Crippen molar-refractivity contribution >= 4 is 23.2 Å². The molecule has 0 bridgehead atoms. The van der Waals surface area contributed by atoms with Crippen LogP contribution < -0.4 is 5.32 Å². The number of hydrogen-bond donors (Lipinski definition) is 1. The van der Waals surface area contributed by atoms with E-state index in [4.69, 9.17) is 23.2 Å². The van der Waals surface area contributed by atoms with Gasteiger partial charge in [-0.1, -0.05) is 49.2 Å². The van der Waals surface area contributed by atoms with Gasteiger partial charge in [0.1, 0.15) is 0 Å². The zero-order chi connectivity index (χ0) is 13.6. The van der Waals surface area contributed by atoms with Crippen molar-refractivity contribution in [3.63, 3.8) is 0 Å². The summed E-state index contributed by atoms with van der Waals surface area (Å²) < 4.78 is 0. The van der Waals surface area contributed by atoms with E-state index in [9.17, 15) is 0 Å². The first-order valence-electron chi connectivity index (χ1n) is 6.29. The van der Waals surface area contributed by atoms with Gasteiger partial charge in [-0.05, 0) is 37.1 Å². The van der Waals surface area contributed by atoms with Crippen LogP contribution in [-0.2, 0) is 6.42 Å². The summed E-state index contributed by atoms with van der Waals surface area (Å²) in [6.45, 7) is 10.2. The van der Waals surface area contributed by atoms with E-state index in [1.165, 1.54) is 0 Å². The van der Waals surface area contributed by atoms with Gasteiger partial charge in [0.2, 0.25) is 0 Å². The summed E-state index contributed by atoms with van der Waals surface area (Å²) in [6, 6.07) is 5.63. The fraction of sp³-hybridized carbons (Fsp3) is 0.467. The lowest BCUT2D eigenvalue weighted by atomic mass is 9.83. The van der Waals surface area contributed by atoms with E-state index in [-0.39, 0.29) is 5.41 Å². The first kappa shape index (κ1) is 15.6. The highest BCUT2D eigenvalue weighted by molar-refractivity contribution is 6.36. The highest BCUT2D eigenvalue weighted by Gasteiger charge is 2.22. The summed E-state index contributed by atoms with van der Waals surface area (Å²) in [5, 5.41) is 4.88. The molecule has 0 aliphatic carbocycles. The molecule has 0 fully saturated rings. The summed E-state index contributed by atoms with van der Waals surface area (Å²) in [6.07, 6.45) is 3.90. The predicted molar refractivity (Wildman–Crippen MR) is 81.6 cm³/mol. The maximum atomic E-state index is 6.21. The Balaban J connectivity index is 2.81. The second-order valence-electron chi connectivity index (χ2n) is 4.91. The van der Waals surface area contributed by atoms with Gasteiger partial charge in [0.05, 0.1) is 0 Å². The number of nitrogens with one attached hydrogen (secondary N) is 1. The van der Waals surface area contributed by atoms with Gasteiger partial charge in [-0.2, -0.15) is 0 Å². The Morgan fingerprint density at radius 2 is 1.94 bits per heavy atom. The number of hydrogen-bond acceptors (Lipinski definition) is 1. The molecule has 0 aliphatic rings. The van der Waals surface area contributed by atoms with E-state index in [0.717, 1.165) is 41.5 Å². The Labute approximate surface area is 120 Å². The van der Waals surface area contributed by atoms with Gasteiger partial charge in [0.25, 0.3) is 0 Å². The third-order valence-electron chi connectivity index (χ3n) is 3.09. The second-order valence-corrected chi connectivity index (χ2v) is 5.73. The SMILES string of the molecule is C=CC(C)(CNCCC)Cc1c(Cl)cccc1Cl. The molecule has 0 radical (unpaired) electrons. The zero-order valence-electron chi connectivity index (χ0n) is 11.1. The minimum atomic E-state index is -0.0379. The van der Waals surface area contributed by atoms with Crippen molar-refractivity contribution in [2.45, 2.75) is 26.7 Å². The second kappa shape index (κ2) is 7.18. The van der Waals surface area contributed by atoms with Crippen LogP contribution in [0.25, 0.3) is 0 Å². The molecule has 1 aromatic carbocycles. The molecule has 0 spiro atoms. The molecule has 0 heterocycles. The van der Waals surface area contributed by atoms with Gasteiger partial charge in [0, 0.05) is 22.0 Å². The van der Waals surface area contributed by atoms with Crippen molar-refractivity contribution in [1.29, 1.82) is 0 Å². The lowest BCUT2D eigenvalue weighted by Gasteiger charge is -2.27. The molecule has 1 rings (SSSR count). The average Bonchev–Trinajstić information content (AvgIpc) is 2.35. The molecule has 0 aromatic heterocycles. The van der Waals surface area contributed by atoms with Crippen LogP contribution in [0.2, 0.25) is 10.0 Å². The molecule has 3 heteroatoms. The molecule has 1 N–H and O–H groups in total. The molecule has 0 amide bonds. The lowest BCUT2D eigenvalue weighted by Crippen LogP contribution is -2.32. The van der Waals surface area contributed by atoms with E-state index in [0.29, 0.717) is 0 Å². The summed E-state index contributed by atoms with van der Waals surface area (Å²) in [7, 11) is 0. The number of benzene rings is 1. The first-order valence-corrected chi connectivity index (χ1v) is 7.05. The van der Waals surface area contributed by atoms with Gasteiger partial charge in [-0.15, -0.1) is 6.58 Å². The van der Waals surface area contributed by atoms with Gasteiger partial charge >= 0.3 is 0 Å². The highest BCUT2D eigenvalue weighted by atomic mass is 35.5. The van der Waals surface area contributed by atoms with E-state index in [1.807, 2.05) is 24.3 Å². The lowest BCUT2D eigenvalue weighted by molar-refractivity contribution is 0.391. The molecular formula is C15H21Cl2N. The van der Waals surface area contributed by atoms with Crippen LogP contribution in [0.1, 0.15) is 25.8 Å². The summed E-state index contributed by atoms with van der Waals surface area (Å²) in [5.74, 6) is 0. The van der Waals surface area contributed by atoms with Crippen LogP contribution >= 0.6 is 23.2 Å². The summed E-state index contributed by atoms with van der Waals surface area (Å²) in [4.78, 5) is 0. The van der Waals surface area contributed by atoms with Crippen LogP contribution in [0.15, 0.2) is 30.9 Å². The molecule has 0 aliphatic heterocycles. The van der Waals surface area contributed by atoms with Crippen LogP contribution in [-0.4, -0.2) is 13.1 Å². The molecule has 1 atom stereocenters. The largest absolute Gasteiger partial charge is 0.316 e. The Hall–Kier alpha value is -0.500. The highest BCUT2D eigenvalue weighted by Crippen LogP contribution is 2.32. The van der Waals surface area contributed by atoms with E-state index < -0.39 is 0 Å². The molecule has 1 aromatic rings. The van der Waals surface area contributed by atoms with E-state index in [1.54, 1.807) is 0 Å². The molecule has 100 valence electrons. The maximum absolute atomic E-state index is 6.21. The van der Waals surface area contributed by atoms with Crippen LogP contribution in [0, 0.1) is 5.41 Å². The maximum Gasteiger partial charge on any atom is 0.0453 e. The normalized spacial score (nSPS) is 14.2. The third-order valence-corrected chi connectivity index (χ3v) is 3.80. The molecule has 18 heavy (non-hydrogen) atoms. The number of halogens is 2. The van der Waals surface area contributed by atoms with E-state index in [2.05, 4.69) is 25.7 Å².